The first kappa shape index (κ1) is 23.5. The van der Waals surface area contributed by atoms with Crippen LogP contribution in [-0.2, 0) is 17.8 Å². The number of hydrogen-bond acceptors (Lipinski definition) is 5. The Labute approximate surface area is 202 Å². The van der Waals surface area contributed by atoms with Crippen molar-refractivity contribution in [1.29, 1.82) is 0 Å². The number of H-pyrrole nitrogens is 1. The summed E-state index contributed by atoms with van der Waals surface area (Å²) in [4.78, 5) is 34.2. The van der Waals surface area contributed by atoms with Gasteiger partial charge in [0, 0.05) is 48.6 Å². The number of para-hydroxylation sites is 1. The van der Waals surface area contributed by atoms with Crippen molar-refractivity contribution in [2.45, 2.75) is 31.5 Å². The van der Waals surface area contributed by atoms with Crippen LogP contribution in [0.15, 0.2) is 76.8 Å². The van der Waals surface area contributed by atoms with E-state index >= 15 is 0 Å². The first-order valence-electron chi connectivity index (χ1n) is 11.0. The van der Waals surface area contributed by atoms with E-state index in [9.17, 15) is 9.59 Å². The second-order valence-corrected chi connectivity index (χ2v) is 8.83. The van der Waals surface area contributed by atoms with Gasteiger partial charge in [0.2, 0.25) is 5.91 Å². The average molecular weight is 474 g/mol. The molecule has 0 radical (unpaired) electrons. The van der Waals surface area contributed by atoms with Crippen LogP contribution in [0.1, 0.15) is 23.2 Å². The van der Waals surface area contributed by atoms with Gasteiger partial charge in [-0.1, -0.05) is 60.3 Å². The standard InChI is InChI=1S/C26H27N5O2S/c1-18-22(25(33)28-26(27-18)34-3)14-15-23(32)30(2)16-20-17-31(21-12-8-5-9-13-21)29-24(20)19-10-6-4-7-11-19/h4-13,17H,14-16H2,1-3H3,(H,27,28,33). The van der Waals surface area contributed by atoms with Crippen LogP contribution in [0.25, 0.3) is 16.9 Å². The van der Waals surface area contributed by atoms with Crippen molar-refractivity contribution in [3.05, 3.63) is 94.0 Å². The third-order valence-electron chi connectivity index (χ3n) is 5.67. The number of rotatable bonds is 8. The Balaban J connectivity index is 1.53. The van der Waals surface area contributed by atoms with Crippen LogP contribution in [0.3, 0.4) is 0 Å². The summed E-state index contributed by atoms with van der Waals surface area (Å²) < 4.78 is 1.85. The Morgan fingerprint density at radius 1 is 1.09 bits per heavy atom. The molecule has 0 aliphatic heterocycles. The number of carbonyl (C=O) groups is 1. The third kappa shape index (κ3) is 5.28. The van der Waals surface area contributed by atoms with E-state index in [0.29, 0.717) is 29.4 Å². The van der Waals surface area contributed by atoms with E-state index in [4.69, 9.17) is 5.10 Å². The maximum Gasteiger partial charge on any atom is 0.254 e. The topological polar surface area (TPSA) is 83.9 Å². The van der Waals surface area contributed by atoms with Gasteiger partial charge in [0.15, 0.2) is 5.16 Å². The van der Waals surface area contributed by atoms with Gasteiger partial charge < -0.3 is 9.88 Å². The Kier molecular flexibility index (Phi) is 7.27. The van der Waals surface area contributed by atoms with E-state index in [-0.39, 0.29) is 17.9 Å². The van der Waals surface area contributed by atoms with E-state index in [1.807, 2.05) is 84.7 Å². The third-order valence-corrected chi connectivity index (χ3v) is 6.25. The fourth-order valence-electron chi connectivity index (χ4n) is 3.82. The lowest BCUT2D eigenvalue weighted by Crippen LogP contribution is -2.27. The van der Waals surface area contributed by atoms with Crippen LogP contribution < -0.4 is 5.56 Å². The van der Waals surface area contributed by atoms with E-state index in [0.717, 1.165) is 22.5 Å². The van der Waals surface area contributed by atoms with Gasteiger partial charge in [0.1, 0.15) is 0 Å². The summed E-state index contributed by atoms with van der Waals surface area (Å²) in [5.41, 5.74) is 4.79. The molecule has 0 saturated carbocycles. The minimum atomic E-state index is -0.178. The number of hydrogen-bond donors (Lipinski definition) is 1. The molecule has 0 aliphatic carbocycles. The fraction of sp³-hybridized carbons (Fsp3) is 0.231. The summed E-state index contributed by atoms with van der Waals surface area (Å²) in [6, 6.07) is 19.9. The monoisotopic (exact) mass is 473 g/mol. The molecule has 0 atom stereocenters. The van der Waals surface area contributed by atoms with Crippen molar-refractivity contribution in [3.8, 4) is 16.9 Å². The number of nitrogens with one attached hydrogen (secondary N) is 1. The quantitative estimate of drug-likeness (QED) is 0.306. The molecule has 8 heteroatoms. The van der Waals surface area contributed by atoms with Gasteiger partial charge >= 0.3 is 0 Å². The maximum atomic E-state index is 13.0. The van der Waals surface area contributed by atoms with Gasteiger partial charge in [0.05, 0.1) is 11.4 Å². The van der Waals surface area contributed by atoms with Crippen molar-refractivity contribution in [3.63, 3.8) is 0 Å². The first-order valence-corrected chi connectivity index (χ1v) is 12.3. The lowest BCUT2D eigenvalue weighted by atomic mass is 10.1. The Hall–Kier alpha value is -3.65. The average Bonchev–Trinajstić information content (AvgIpc) is 3.28. The zero-order valence-corrected chi connectivity index (χ0v) is 20.3. The molecule has 2 aromatic heterocycles. The number of benzene rings is 2. The van der Waals surface area contributed by atoms with Crippen LogP contribution in [0.2, 0.25) is 0 Å². The van der Waals surface area contributed by atoms with Crippen LogP contribution in [0.4, 0.5) is 0 Å². The summed E-state index contributed by atoms with van der Waals surface area (Å²) in [7, 11) is 1.78. The molecule has 0 saturated heterocycles. The highest BCUT2D eigenvalue weighted by molar-refractivity contribution is 7.98. The number of aromatic amines is 1. The van der Waals surface area contributed by atoms with E-state index in [1.54, 1.807) is 11.9 Å². The highest BCUT2D eigenvalue weighted by Crippen LogP contribution is 2.25. The zero-order chi connectivity index (χ0) is 24.1. The molecule has 4 aromatic rings. The minimum absolute atomic E-state index is 0.0424. The van der Waals surface area contributed by atoms with Gasteiger partial charge in [-0.15, -0.1) is 0 Å². The van der Waals surface area contributed by atoms with Crippen molar-refractivity contribution in [1.82, 2.24) is 24.6 Å². The van der Waals surface area contributed by atoms with Crippen molar-refractivity contribution in [2.75, 3.05) is 13.3 Å². The summed E-state index contributed by atoms with van der Waals surface area (Å²) in [6.45, 7) is 2.22. The number of aromatic nitrogens is 4. The molecule has 2 aromatic carbocycles. The molecule has 0 fully saturated rings. The molecule has 7 nitrogen and oxygen atoms in total. The summed E-state index contributed by atoms with van der Waals surface area (Å²) in [6.07, 6.45) is 4.41. The number of thioether (sulfide) groups is 1. The van der Waals surface area contributed by atoms with Crippen molar-refractivity contribution < 1.29 is 4.79 Å². The maximum absolute atomic E-state index is 13.0. The largest absolute Gasteiger partial charge is 0.341 e. The summed E-state index contributed by atoms with van der Waals surface area (Å²) in [5.74, 6) is -0.0424. The van der Waals surface area contributed by atoms with Gasteiger partial charge in [-0.3, -0.25) is 9.59 Å². The number of nitrogens with zero attached hydrogens (tertiary/aromatic N) is 4. The molecule has 1 N–H and O–H groups in total. The highest BCUT2D eigenvalue weighted by atomic mass is 32.2. The molecule has 1 amide bonds. The van der Waals surface area contributed by atoms with E-state index in [1.165, 1.54) is 11.8 Å². The number of aryl methyl sites for hydroxylation is 1. The van der Waals surface area contributed by atoms with Gasteiger partial charge in [-0.05, 0) is 31.7 Å². The molecule has 4 rings (SSSR count). The second kappa shape index (κ2) is 10.5. The predicted molar refractivity (Wildman–Crippen MR) is 135 cm³/mol. The Morgan fingerprint density at radius 3 is 2.41 bits per heavy atom. The molecule has 0 aliphatic rings. The van der Waals surface area contributed by atoms with Gasteiger partial charge in [-0.25, -0.2) is 9.67 Å². The Bertz CT molecular complexity index is 1330. The van der Waals surface area contributed by atoms with Crippen molar-refractivity contribution >= 4 is 17.7 Å². The number of carbonyl (C=O) groups excluding carboxylic acids is 1. The predicted octanol–water partition coefficient (Wildman–Crippen LogP) is 4.24. The molecule has 0 spiro atoms. The lowest BCUT2D eigenvalue weighted by molar-refractivity contribution is -0.130. The molecule has 0 unspecified atom stereocenters. The van der Waals surface area contributed by atoms with Crippen LogP contribution in [0.5, 0.6) is 0 Å². The second-order valence-electron chi connectivity index (χ2n) is 8.04. The molecule has 34 heavy (non-hydrogen) atoms. The SMILES string of the molecule is CSc1nc(C)c(CCC(=O)N(C)Cc2cn(-c3ccccc3)nc2-c2ccccc2)c(=O)[nH]1. The Morgan fingerprint density at radius 2 is 1.76 bits per heavy atom. The molecule has 2 heterocycles. The van der Waals surface area contributed by atoms with E-state index < -0.39 is 0 Å². The molecule has 0 bridgehead atoms. The van der Waals surface area contributed by atoms with Gasteiger partial charge in [0.25, 0.3) is 5.56 Å². The lowest BCUT2D eigenvalue weighted by Gasteiger charge is -2.17. The van der Waals surface area contributed by atoms with Crippen LogP contribution in [-0.4, -0.2) is 43.9 Å². The normalized spacial score (nSPS) is 10.9. The smallest absolute Gasteiger partial charge is 0.254 e. The number of amides is 1. The summed E-state index contributed by atoms with van der Waals surface area (Å²) >= 11 is 1.39. The molecular weight excluding hydrogens is 446 g/mol. The minimum Gasteiger partial charge on any atom is -0.341 e. The van der Waals surface area contributed by atoms with Crippen LogP contribution in [0, 0.1) is 6.92 Å². The van der Waals surface area contributed by atoms with Crippen molar-refractivity contribution in [2.24, 2.45) is 0 Å². The molecule has 174 valence electrons. The van der Waals surface area contributed by atoms with E-state index in [2.05, 4.69) is 9.97 Å². The summed E-state index contributed by atoms with van der Waals surface area (Å²) in [5, 5.41) is 5.40. The zero-order valence-electron chi connectivity index (χ0n) is 19.5. The fourth-order valence-corrected chi connectivity index (χ4v) is 4.24. The first-order chi connectivity index (χ1) is 16.5. The van der Waals surface area contributed by atoms with Gasteiger partial charge in [-0.2, -0.15) is 5.10 Å². The molecular formula is C26H27N5O2S. The van der Waals surface area contributed by atoms with Crippen LogP contribution >= 0.6 is 11.8 Å². The highest BCUT2D eigenvalue weighted by Gasteiger charge is 2.18.